The average Bonchev–Trinajstić information content (AvgIpc) is 3.16. The molecule has 156 valence electrons. The molecule has 2 N–H and O–H groups in total. The minimum Gasteiger partial charge on any atom is -0.395 e. The van der Waals surface area contributed by atoms with Crippen molar-refractivity contribution in [1.29, 1.82) is 0 Å². The van der Waals surface area contributed by atoms with Gasteiger partial charge in [0, 0.05) is 29.9 Å². The number of hydrogen-bond acceptors (Lipinski definition) is 4. The molecule has 1 heterocycles. The summed E-state index contributed by atoms with van der Waals surface area (Å²) >= 11 is 11.6. The fraction of sp³-hybridized carbons (Fsp3) is 0.278. The predicted octanol–water partition coefficient (Wildman–Crippen LogP) is 3.67. The summed E-state index contributed by atoms with van der Waals surface area (Å²) in [5.74, 6) is -3.25. The zero-order valence-electron chi connectivity index (χ0n) is 14.8. The minimum atomic E-state index is -4.05. The lowest BCUT2D eigenvalue weighted by atomic mass is 10.2. The second-order valence-electron chi connectivity index (χ2n) is 6.45. The van der Waals surface area contributed by atoms with E-state index in [4.69, 9.17) is 23.2 Å². The molecule has 2 aromatic rings. The predicted molar refractivity (Wildman–Crippen MR) is 105 cm³/mol. The molecule has 29 heavy (non-hydrogen) atoms. The molecule has 0 saturated carbocycles. The molecule has 0 aliphatic carbocycles. The molecule has 1 amide bonds. The van der Waals surface area contributed by atoms with Crippen molar-refractivity contribution in [3.8, 4) is 0 Å². The fourth-order valence-electron chi connectivity index (χ4n) is 3.11. The Morgan fingerprint density at radius 3 is 2.59 bits per heavy atom. The Balaban J connectivity index is 1.92. The van der Waals surface area contributed by atoms with Crippen molar-refractivity contribution < 1.29 is 27.1 Å². The largest absolute Gasteiger partial charge is 0.395 e. The lowest BCUT2D eigenvalue weighted by Gasteiger charge is -2.23. The Bertz CT molecular complexity index is 1040. The molecule has 0 bridgehead atoms. The van der Waals surface area contributed by atoms with Crippen LogP contribution >= 0.6 is 23.2 Å². The number of benzene rings is 2. The van der Waals surface area contributed by atoms with Crippen LogP contribution in [0.1, 0.15) is 23.2 Å². The van der Waals surface area contributed by atoms with E-state index in [-0.39, 0.29) is 34.3 Å². The number of carbonyl (C=O) groups is 1. The molecule has 0 radical (unpaired) electrons. The molecule has 1 unspecified atom stereocenters. The zero-order chi connectivity index (χ0) is 21.3. The van der Waals surface area contributed by atoms with E-state index in [0.717, 1.165) is 22.5 Å². The highest BCUT2D eigenvalue weighted by Crippen LogP contribution is 2.31. The summed E-state index contributed by atoms with van der Waals surface area (Å²) in [6.45, 7) is -0.0957. The molecule has 1 atom stereocenters. The van der Waals surface area contributed by atoms with E-state index in [9.17, 15) is 27.1 Å². The Morgan fingerprint density at radius 1 is 1.21 bits per heavy atom. The van der Waals surface area contributed by atoms with Gasteiger partial charge in [0.2, 0.25) is 10.0 Å². The molecule has 1 aliphatic heterocycles. The number of rotatable bonds is 5. The summed E-state index contributed by atoms with van der Waals surface area (Å²) in [7, 11) is -4.05. The molecule has 1 saturated heterocycles. The number of aliphatic hydroxyl groups is 1. The van der Waals surface area contributed by atoms with Gasteiger partial charge in [0.25, 0.3) is 5.91 Å². The smallest absolute Gasteiger partial charge is 0.255 e. The molecule has 0 spiro atoms. The summed E-state index contributed by atoms with van der Waals surface area (Å²) in [5.41, 5.74) is -0.160. The van der Waals surface area contributed by atoms with Crippen LogP contribution in [0.5, 0.6) is 0 Å². The Morgan fingerprint density at radius 2 is 1.93 bits per heavy atom. The molecule has 1 aliphatic rings. The van der Waals surface area contributed by atoms with Crippen molar-refractivity contribution in [2.45, 2.75) is 23.8 Å². The second-order valence-corrected chi connectivity index (χ2v) is 9.12. The third kappa shape index (κ3) is 4.39. The van der Waals surface area contributed by atoms with Gasteiger partial charge in [-0.1, -0.05) is 23.2 Å². The van der Waals surface area contributed by atoms with Crippen molar-refractivity contribution in [1.82, 2.24) is 4.31 Å². The maximum absolute atomic E-state index is 13.5. The summed E-state index contributed by atoms with van der Waals surface area (Å²) in [4.78, 5) is 12.2. The van der Waals surface area contributed by atoms with Gasteiger partial charge in [0.1, 0.15) is 4.90 Å². The zero-order valence-corrected chi connectivity index (χ0v) is 17.2. The standard InChI is InChI=1S/C18H16Cl2F2N2O4S/c19-13-4-3-10(18(26)23-11-7-14(20)17(22)15(21)8-11)6-16(13)29(27,28)24-5-1-2-12(24)9-25/h3-4,6-8,12,25H,1-2,5,9H2,(H,23,26). The lowest BCUT2D eigenvalue weighted by Crippen LogP contribution is -2.37. The summed E-state index contributed by atoms with van der Waals surface area (Å²) in [6, 6.07) is 4.88. The minimum absolute atomic E-state index is 0.0615. The molecular weight excluding hydrogens is 449 g/mol. The van der Waals surface area contributed by atoms with Crippen LogP contribution in [0.25, 0.3) is 0 Å². The maximum Gasteiger partial charge on any atom is 0.255 e. The van der Waals surface area contributed by atoms with Crippen molar-refractivity contribution in [2.75, 3.05) is 18.5 Å². The van der Waals surface area contributed by atoms with Gasteiger partial charge in [-0.2, -0.15) is 4.31 Å². The quantitative estimate of drug-likeness (QED) is 0.660. The number of nitrogens with one attached hydrogen (secondary N) is 1. The molecule has 1 fully saturated rings. The Kier molecular flexibility index (Phi) is 6.45. The molecular formula is C18H16Cl2F2N2O4S. The maximum atomic E-state index is 13.5. The van der Waals surface area contributed by atoms with Gasteiger partial charge in [-0.05, 0) is 37.1 Å². The topological polar surface area (TPSA) is 86.7 Å². The van der Waals surface area contributed by atoms with Gasteiger partial charge in [-0.25, -0.2) is 17.2 Å². The van der Waals surface area contributed by atoms with Gasteiger partial charge in [-0.3, -0.25) is 4.79 Å². The number of hydrogen-bond donors (Lipinski definition) is 2. The van der Waals surface area contributed by atoms with Crippen LogP contribution in [0.3, 0.4) is 0 Å². The third-order valence-electron chi connectivity index (χ3n) is 4.56. The van der Waals surface area contributed by atoms with Crippen LogP contribution in [0.15, 0.2) is 35.2 Å². The number of sulfonamides is 1. The number of amides is 1. The molecule has 2 aromatic carbocycles. The fourth-order valence-corrected chi connectivity index (χ4v) is 5.50. The van der Waals surface area contributed by atoms with E-state index < -0.39 is 38.6 Å². The van der Waals surface area contributed by atoms with E-state index in [1.165, 1.54) is 12.1 Å². The number of halogens is 4. The first-order valence-corrected chi connectivity index (χ1v) is 10.7. The van der Waals surface area contributed by atoms with E-state index >= 15 is 0 Å². The van der Waals surface area contributed by atoms with E-state index in [0.29, 0.717) is 12.8 Å². The normalized spacial score (nSPS) is 17.5. The van der Waals surface area contributed by atoms with Gasteiger partial charge in [0.15, 0.2) is 11.6 Å². The van der Waals surface area contributed by atoms with Crippen LogP contribution in [0.4, 0.5) is 14.5 Å². The molecule has 6 nitrogen and oxygen atoms in total. The first-order valence-electron chi connectivity index (χ1n) is 8.53. The highest BCUT2D eigenvalue weighted by molar-refractivity contribution is 7.89. The van der Waals surface area contributed by atoms with Crippen LogP contribution in [-0.4, -0.2) is 42.9 Å². The lowest BCUT2D eigenvalue weighted by molar-refractivity contribution is 0.102. The van der Waals surface area contributed by atoms with Crippen molar-refractivity contribution in [3.05, 3.63) is 57.6 Å². The van der Waals surface area contributed by atoms with Crippen LogP contribution in [0.2, 0.25) is 10.0 Å². The number of nitrogens with zero attached hydrogens (tertiary/aromatic N) is 1. The Hall–Kier alpha value is -1.78. The SMILES string of the molecule is O=C(Nc1cc(F)c(F)c(Cl)c1)c1ccc(Cl)c(S(=O)(=O)N2CCCC2CO)c1. The van der Waals surface area contributed by atoms with Crippen LogP contribution in [-0.2, 0) is 10.0 Å². The Labute approximate surface area is 176 Å². The van der Waals surface area contributed by atoms with Gasteiger partial charge in [-0.15, -0.1) is 0 Å². The van der Waals surface area contributed by atoms with Crippen molar-refractivity contribution >= 4 is 44.8 Å². The summed E-state index contributed by atoms with van der Waals surface area (Å²) in [5, 5.41) is 11.2. The van der Waals surface area contributed by atoms with Gasteiger partial charge in [0.05, 0.1) is 16.7 Å². The van der Waals surface area contributed by atoms with Gasteiger partial charge < -0.3 is 10.4 Å². The highest BCUT2D eigenvalue weighted by atomic mass is 35.5. The van der Waals surface area contributed by atoms with Gasteiger partial charge >= 0.3 is 0 Å². The first-order chi connectivity index (χ1) is 13.6. The van der Waals surface area contributed by atoms with Crippen molar-refractivity contribution in [2.24, 2.45) is 0 Å². The van der Waals surface area contributed by atoms with Crippen LogP contribution < -0.4 is 5.32 Å². The summed E-state index contributed by atoms with van der Waals surface area (Å²) < 4.78 is 53.9. The summed E-state index contributed by atoms with van der Waals surface area (Å²) in [6.07, 6.45) is 1.11. The molecule has 11 heteroatoms. The average molecular weight is 465 g/mol. The van der Waals surface area contributed by atoms with Crippen molar-refractivity contribution in [3.63, 3.8) is 0 Å². The van der Waals surface area contributed by atoms with E-state index in [1.54, 1.807) is 0 Å². The second kappa shape index (κ2) is 8.53. The molecule has 0 aromatic heterocycles. The highest BCUT2D eigenvalue weighted by Gasteiger charge is 2.36. The third-order valence-corrected chi connectivity index (χ3v) is 7.26. The number of aliphatic hydroxyl groups excluding tert-OH is 1. The van der Waals surface area contributed by atoms with Crippen LogP contribution in [0, 0.1) is 11.6 Å². The van der Waals surface area contributed by atoms with E-state index in [2.05, 4.69) is 5.32 Å². The molecule has 3 rings (SSSR count). The number of anilines is 1. The monoisotopic (exact) mass is 464 g/mol. The van der Waals surface area contributed by atoms with E-state index in [1.807, 2.05) is 0 Å². The first kappa shape index (κ1) is 21.9. The number of carbonyl (C=O) groups excluding carboxylic acids is 1.